The number of rotatable bonds is 7. The highest BCUT2D eigenvalue weighted by Crippen LogP contribution is 2.43. The fourth-order valence-corrected chi connectivity index (χ4v) is 7.02. The standard InChI is InChI=1S/C25H38N6O2S/c1-3-4-10-31(25(33)28-7-11-30-8-5-6-9-30)24(32)18-12-17-13-19-20(15-26)23(27)34-22(19)14-21(17)29(2)16-18/h17-18,21H,3-14,16,27H2,1-2H3,(H,28,33)/t17-,18-,21-/m1/s1. The summed E-state index contributed by atoms with van der Waals surface area (Å²) in [6, 6.07) is 2.37. The third-order valence-electron chi connectivity index (χ3n) is 7.80. The molecule has 0 unspecified atom stereocenters. The Hall–Kier alpha value is -2.15. The van der Waals surface area contributed by atoms with Gasteiger partial charge in [-0.2, -0.15) is 5.26 Å². The molecule has 3 N–H and O–H groups in total. The van der Waals surface area contributed by atoms with E-state index in [1.54, 1.807) is 0 Å². The van der Waals surface area contributed by atoms with Gasteiger partial charge in [0.2, 0.25) is 5.91 Å². The molecule has 8 nitrogen and oxygen atoms in total. The van der Waals surface area contributed by atoms with E-state index in [1.807, 2.05) is 0 Å². The Bertz CT molecular complexity index is 935. The van der Waals surface area contributed by atoms with Gasteiger partial charge in [0, 0.05) is 37.1 Å². The predicted octanol–water partition coefficient (Wildman–Crippen LogP) is 2.67. The summed E-state index contributed by atoms with van der Waals surface area (Å²) in [7, 11) is 2.08. The number of carbonyl (C=O) groups excluding carboxylic acids is 2. The van der Waals surface area contributed by atoms with Gasteiger partial charge in [0.1, 0.15) is 11.1 Å². The number of nitrogens with zero attached hydrogens (tertiary/aromatic N) is 4. The first kappa shape index (κ1) is 25.0. The zero-order valence-electron chi connectivity index (χ0n) is 20.5. The van der Waals surface area contributed by atoms with Crippen molar-refractivity contribution < 1.29 is 9.59 Å². The van der Waals surface area contributed by atoms with Crippen molar-refractivity contribution >= 4 is 28.3 Å². The maximum absolute atomic E-state index is 13.6. The molecule has 2 saturated heterocycles. The number of unbranched alkanes of at least 4 members (excludes halogenated alkanes) is 1. The number of thiophene rings is 1. The Morgan fingerprint density at radius 1 is 1.29 bits per heavy atom. The fourth-order valence-electron chi connectivity index (χ4n) is 5.92. The molecule has 0 aromatic carbocycles. The van der Waals surface area contributed by atoms with Crippen molar-refractivity contribution in [2.45, 2.75) is 57.9 Å². The van der Waals surface area contributed by atoms with Gasteiger partial charge in [0.05, 0.1) is 11.5 Å². The molecular formula is C25H38N6O2S. The molecule has 3 aliphatic rings. The fraction of sp³-hybridized carbons (Fsp3) is 0.720. The number of imide groups is 1. The average Bonchev–Trinajstić information content (AvgIpc) is 3.44. The van der Waals surface area contributed by atoms with Gasteiger partial charge in [-0.1, -0.05) is 13.3 Å². The van der Waals surface area contributed by atoms with Crippen molar-refractivity contribution in [3.8, 4) is 6.07 Å². The molecule has 1 aliphatic carbocycles. The van der Waals surface area contributed by atoms with E-state index in [4.69, 9.17) is 5.73 Å². The molecule has 3 amide bonds. The number of anilines is 1. The van der Waals surface area contributed by atoms with Gasteiger partial charge in [-0.05, 0) is 70.1 Å². The molecule has 186 valence electrons. The van der Waals surface area contributed by atoms with Gasteiger partial charge < -0.3 is 20.9 Å². The van der Waals surface area contributed by atoms with Crippen LogP contribution in [0.1, 0.15) is 55.0 Å². The smallest absolute Gasteiger partial charge is 0.324 e. The van der Waals surface area contributed by atoms with Crippen molar-refractivity contribution in [2.75, 3.05) is 52.0 Å². The van der Waals surface area contributed by atoms with Crippen LogP contribution >= 0.6 is 11.3 Å². The molecule has 0 bridgehead atoms. The van der Waals surface area contributed by atoms with Gasteiger partial charge in [0.15, 0.2) is 0 Å². The average molecular weight is 487 g/mol. The second-order valence-corrected chi connectivity index (χ2v) is 11.2. The quantitative estimate of drug-likeness (QED) is 0.614. The van der Waals surface area contributed by atoms with E-state index in [0.717, 1.165) is 57.3 Å². The van der Waals surface area contributed by atoms with Crippen molar-refractivity contribution in [3.63, 3.8) is 0 Å². The molecular weight excluding hydrogens is 448 g/mol. The van der Waals surface area contributed by atoms with E-state index in [1.165, 1.54) is 34.0 Å². The molecule has 3 atom stereocenters. The highest BCUT2D eigenvalue weighted by molar-refractivity contribution is 7.16. The number of urea groups is 1. The topological polar surface area (TPSA) is 106 Å². The van der Waals surface area contributed by atoms with Crippen molar-refractivity contribution in [2.24, 2.45) is 11.8 Å². The number of amides is 3. The summed E-state index contributed by atoms with van der Waals surface area (Å²) in [5.41, 5.74) is 7.81. The van der Waals surface area contributed by atoms with Gasteiger partial charge in [0.25, 0.3) is 0 Å². The number of fused-ring (bicyclic) bond motifs is 2. The Morgan fingerprint density at radius 3 is 2.76 bits per heavy atom. The monoisotopic (exact) mass is 486 g/mol. The molecule has 4 rings (SSSR count). The number of likely N-dealkylation sites (tertiary alicyclic amines) is 2. The molecule has 1 aromatic heterocycles. The van der Waals surface area contributed by atoms with Gasteiger partial charge in [-0.3, -0.25) is 9.69 Å². The van der Waals surface area contributed by atoms with Crippen molar-refractivity contribution in [1.82, 2.24) is 20.0 Å². The number of hydrogen-bond acceptors (Lipinski definition) is 7. The summed E-state index contributed by atoms with van der Waals surface area (Å²) >= 11 is 1.54. The molecule has 2 aliphatic heterocycles. The molecule has 0 radical (unpaired) electrons. The van der Waals surface area contributed by atoms with Crippen LogP contribution in [0.25, 0.3) is 0 Å². The van der Waals surface area contributed by atoms with E-state index in [-0.39, 0.29) is 23.8 Å². The molecule has 34 heavy (non-hydrogen) atoms. The maximum Gasteiger partial charge on any atom is 0.324 e. The number of nitrogens with two attached hydrogens (primary N) is 1. The zero-order valence-corrected chi connectivity index (χ0v) is 21.3. The number of likely N-dealkylation sites (N-methyl/N-ethyl adjacent to an activating group) is 1. The SMILES string of the molecule is CCCCN(C(=O)NCCN1CCCC1)C(=O)[C@@H]1C[C@@H]2Cc3c(sc(N)c3C#N)C[C@H]2N(C)C1. The Balaban J connectivity index is 1.42. The summed E-state index contributed by atoms with van der Waals surface area (Å²) in [6.45, 7) is 6.79. The Morgan fingerprint density at radius 2 is 2.06 bits per heavy atom. The lowest BCUT2D eigenvalue weighted by atomic mass is 9.74. The molecule has 9 heteroatoms. The Labute approximate surface area is 207 Å². The minimum Gasteiger partial charge on any atom is -0.389 e. The molecule has 0 spiro atoms. The van der Waals surface area contributed by atoms with E-state index >= 15 is 0 Å². The van der Waals surface area contributed by atoms with Gasteiger partial charge in [-0.15, -0.1) is 11.3 Å². The van der Waals surface area contributed by atoms with Crippen LogP contribution in [0.15, 0.2) is 0 Å². The number of carbonyl (C=O) groups is 2. The highest BCUT2D eigenvalue weighted by Gasteiger charge is 2.43. The van der Waals surface area contributed by atoms with Crippen LogP contribution in [0.4, 0.5) is 9.80 Å². The summed E-state index contributed by atoms with van der Waals surface area (Å²) in [6.07, 6.45) is 6.59. The van der Waals surface area contributed by atoms with Gasteiger partial charge >= 0.3 is 6.03 Å². The lowest BCUT2D eigenvalue weighted by molar-refractivity contribution is -0.136. The normalized spacial score (nSPS) is 24.8. The highest BCUT2D eigenvalue weighted by atomic mass is 32.1. The van der Waals surface area contributed by atoms with Gasteiger partial charge in [-0.25, -0.2) is 4.79 Å². The molecule has 2 fully saturated rings. The zero-order chi connectivity index (χ0) is 24.2. The first-order valence-corrected chi connectivity index (χ1v) is 13.6. The molecule has 1 aromatic rings. The largest absolute Gasteiger partial charge is 0.389 e. The summed E-state index contributed by atoms with van der Waals surface area (Å²) in [5, 5.41) is 13.2. The minimum absolute atomic E-state index is 0.0615. The first-order valence-electron chi connectivity index (χ1n) is 12.7. The number of hydrogen-bond donors (Lipinski definition) is 2. The van der Waals surface area contributed by atoms with Crippen LogP contribution in [0.2, 0.25) is 0 Å². The van der Waals surface area contributed by atoms with Crippen LogP contribution in [0, 0.1) is 23.2 Å². The predicted molar refractivity (Wildman–Crippen MR) is 135 cm³/mol. The summed E-state index contributed by atoms with van der Waals surface area (Å²) < 4.78 is 0. The third-order valence-corrected chi connectivity index (χ3v) is 8.88. The van der Waals surface area contributed by atoms with Crippen LogP contribution in [-0.4, -0.2) is 79.0 Å². The van der Waals surface area contributed by atoms with Crippen LogP contribution in [0.3, 0.4) is 0 Å². The van der Waals surface area contributed by atoms with Crippen LogP contribution in [-0.2, 0) is 17.6 Å². The number of nitrogens with one attached hydrogen (secondary N) is 1. The minimum atomic E-state index is -0.259. The van der Waals surface area contributed by atoms with Crippen LogP contribution < -0.4 is 11.1 Å². The van der Waals surface area contributed by atoms with E-state index < -0.39 is 0 Å². The third kappa shape index (κ3) is 5.24. The number of nitrogen functional groups attached to an aromatic ring is 1. The second kappa shape index (κ2) is 11.1. The maximum atomic E-state index is 13.6. The lowest BCUT2D eigenvalue weighted by Gasteiger charge is -2.45. The van der Waals surface area contributed by atoms with Crippen molar-refractivity contribution in [3.05, 3.63) is 16.0 Å². The molecule has 0 saturated carbocycles. The van der Waals surface area contributed by atoms with Crippen molar-refractivity contribution in [1.29, 1.82) is 5.26 Å². The lowest BCUT2D eigenvalue weighted by Crippen LogP contribution is -2.55. The second-order valence-electron chi connectivity index (χ2n) is 10.1. The van der Waals surface area contributed by atoms with E-state index in [2.05, 4.69) is 35.2 Å². The van der Waals surface area contributed by atoms with E-state index in [9.17, 15) is 14.9 Å². The van der Waals surface area contributed by atoms with Crippen LogP contribution in [0.5, 0.6) is 0 Å². The first-order chi connectivity index (χ1) is 16.4. The Kier molecular flexibility index (Phi) is 8.12. The number of nitriles is 1. The molecule has 3 heterocycles. The van der Waals surface area contributed by atoms with E-state index in [0.29, 0.717) is 36.2 Å². The number of piperidine rings is 1. The summed E-state index contributed by atoms with van der Waals surface area (Å²) in [4.78, 5) is 34.0. The summed E-state index contributed by atoms with van der Waals surface area (Å²) in [5.74, 6) is 0.0108.